The van der Waals surface area contributed by atoms with E-state index in [-0.39, 0.29) is 25.2 Å². The van der Waals surface area contributed by atoms with Gasteiger partial charge in [-0.25, -0.2) is 0 Å². The Labute approximate surface area is 268 Å². The lowest BCUT2D eigenvalue weighted by molar-refractivity contribution is -0.144. The fraction of sp³-hybridized carbons (Fsp3) is 0.297. The number of hydrogen-bond acceptors (Lipinski definition) is 7. The molecule has 9 nitrogen and oxygen atoms in total. The Morgan fingerprint density at radius 2 is 1.54 bits per heavy atom. The summed E-state index contributed by atoms with van der Waals surface area (Å²) in [5.41, 5.74) is 2.64. The van der Waals surface area contributed by atoms with Gasteiger partial charge in [-0.1, -0.05) is 55.5 Å². The van der Waals surface area contributed by atoms with E-state index in [9.17, 15) is 14.7 Å². The lowest BCUT2D eigenvalue weighted by atomic mass is 9.82. The molecule has 2 aliphatic rings. The van der Waals surface area contributed by atoms with Crippen molar-refractivity contribution in [2.75, 3.05) is 33.5 Å². The fourth-order valence-corrected chi connectivity index (χ4v) is 6.42. The van der Waals surface area contributed by atoms with Crippen LogP contribution in [0.15, 0.2) is 97.1 Å². The van der Waals surface area contributed by atoms with Gasteiger partial charge in [0, 0.05) is 31.6 Å². The number of fused-ring (bicyclic) bond motifs is 1. The maximum atomic E-state index is 14.0. The number of carboxylic acids is 1. The van der Waals surface area contributed by atoms with E-state index in [0.29, 0.717) is 36.9 Å². The number of amides is 1. The molecule has 3 atom stereocenters. The summed E-state index contributed by atoms with van der Waals surface area (Å²) in [7, 11) is 1.59. The van der Waals surface area contributed by atoms with Gasteiger partial charge in [0.2, 0.25) is 12.7 Å². The molecule has 4 aromatic carbocycles. The van der Waals surface area contributed by atoms with Gasteiger partial charge >= 0.3 is 5.97 Å². The van der Waals surface area contributed by atoms with Crippen molar-refractivity contribution in [1.29, 1.82) is 0 Å². The molecule has 1 saturated heterocycles. The van der Waals surface area contributed by atoms with E-state index in [1.807, 2.05) is 114 Å². The number of carboxylic acid groups (broad SMARTS) is 1. The summed E-state index contributed by atoms with van der Waals surface area (Å²) in [5.74, 6) is 1.27. The van der Waals surface area contributed by atoms with Crippen LogP contribution in [0.25, 0.3) is 0 Å². The molecule has 0 spiro atoms. The predicted molar refractivity (Wildman–Crippen MR) is 172 cm³/mol. The highest BCUT2D eigenvalue weighted by atomic mass is 16.7. The summed E-state index contributed by atoms with van der Waals surface area (Å²) in [5, 5.41) is 10.6. The summed E-state index contributed by atoms with van der Waals surface area (Å²) in [4.78, 5) is 30.8. The number of nitrogens with zero attached hydrogens (tertiary/aromatic N) is 2. The first-order valence-corrected chi connectivity index (χ1v) is 15.5. The van der Waals surface area contributed by atoms with Gasteiger partial charge in [0.05, 0.1) is 19.6 Å². The first-order chi connectivity index (χ1) is 22.4. The van der Waals surface area contributed by atoms with Crippen LogP contribution in [0.3, 0.4) is 0 Å². The third-order valence-electron chi connectivity index (χ3n) is 8.63. The number of rotatable bonds is 12. The second-order valence-corrected chi connectivity index (χ2v) is 11.6. The van der Waals surface area contributed by atoms with Crippen molar-refractivity contribution >= 4 is 11.9 Å². The lowest BCUT2D eigenvalue weighted by Gasteiger charge is -2.30. The average molecular weight is 623 g/mol. The topological polar surface area (TPSA) is 97.8 Å². The molecule has 2 heterocycles. The molecule has 0 saturated carbocycles. The second-order valence-electron chi connectivity index (χ2n) is 11.6. The number of hydrogen-bond donors (Lipinski definition) is 1. The molecular weight excluding hydrogens is 584 g/mol. The third-order valence-corrected chi connectivity index (χ3v) is 8.63. The van der Waals surface area contributed by atoms with E-state index in [1.165, 1.54) is 0 Å². The molecule has 6 rings (SSSR count). The van der Waals surface area contributed by atoms with Crippen molar-refractivity contribution in [2.45, 2.75) is 31.8 Å². The maximum absolute atomic E-state index is 14.0. The quantitative estimate of drug-likeness (QED) is 0.191. The highest BCUT2D eigenvalue weighted by molar-refractivity contribution is 5.79. The summed E-state index contributed by atoms with van der Waals surface area (Å²) in [6.07, 6.45) is 0.792. The van der Waals surface area contributed by atoms with Gasteiger partial charge in [-0.15, -0.1) is 0 Å². The van der Waals surface area contributed by atoms with Gasteiger partial charge in [-0.3, -0.25) is 14.5 Å². The number of benzene rings is 4. The molecular formula is C37H38N2O7. The number of methoxy groups -OCH3 is 1. The van der Waals surface area contributed by atoms with Crippen molar-refractivity contribution in [3.05, 3.63) is 114 Å². The van der Waals surface area contributed by atoms with Crippen LogP contribution in [0.5, 0.6) is 28.7 Å². The minimum atomic E-state index is -0.915. The van der Waals surface area contributed by atoms with E-state index in [1.54, 1.807) is 7.11 Å². The molecule has 1 fully saturated rings. The summed E-state index contributed by atoms with van der Waals surface area (Å²) < 4.78 is 22.4. The van der Waals surface area contributed by atoms with Crippen molar-refractivity contribution < 1.29 is 33.6 Å². The highest BCUT2D eigenvalue weighted by Gasteiger charge is 2.48. The Morgan fingerprint density at radius 3 is 2.24 bits per heavy atom. The second kappa shape index (κ2) is 14.0. The first-order valence-electron chi connectivity index (χ1n) is 15.5. The molecule has 0 radical (unpaired) electrons. The molecule has 0 aromatic heterocycles. The highest BCUT2D eigenvalue weighted by Crippen LogP contribution is 2.47. The van der Waals surface area contributed by atoms with E-state index >= 15 is 0 Å². The van der Waals surface area contributed by atoms with Crippen LogP contribution in [0, 0.1) is 5.92 Å². The van der Waals surface area contributed by atoms with Gasteiger partial charge in [0.25, 0.3) is 0 Å². The standard InChI is InChI=1S/C37H38N2O7/c1-3-19-38(21-25-9-14-30(15-10-25)46-29-7-5-4-6-8-29)34(40)23-39-22-31(27-13-18-32-33(20-27)45-24-44-32)35(37(41)42)36(39)26-11-16-28(43-2)17-12-26/h4-18,20,31,35-36H,3,19,21-24H2,1-2H3,(H,41,42)/t31-,35+,36-/m1/s1. The number of carbonyl (C=O) groups is 2. The number of ether oxygens (including phenoxy) is 4. The molecule has 0 bridgehead atoms. The van der Waals surface area contributed by atoms with E-state index < -0.39 is 17.9 Å². The normalized spacial score (nSPS) is 18.7. The summed E-state index contributed by atoms with van der Waals surface area (Å²) >= 11 is 0. The Bertz CT molecular complexity index is 1640. The SMILES string of the molecule is CCCN(Cc1ccc(Oc2ccccc2)cc1)C(=O)CN1C[C@H](c2ccc3c(c2)OCO3)[C@H](C(=O)O)[C@H]1c1ccc(OC)cc1. The van der Waals surface area contributed by atoms with Gasteiger partial charge < -0.3 is 29.0 Å². The van der Waals surface area contributed by atoms with Crippen LogP contribution in [-0.2, 0) is 16.1 Å². The maximum Gasteiger partial charge on any atom is 0.309 e. The lowest BCUT2D eigenvalue weighted by Crippen LogP contribution is -2.41. The Kier molecular flexibility index (Phi) is 9.40. The molecule has 4 aromatic rings. The first kappa shape index (κ1) is 31.0. The Hall–Kier alpha value is -5.02. The van der Waals surface area contributed by atoms with Crippen LogP contribution in [0.1, 0.15) is 42.0 Å². The van der Waals surface area contributed by atoms with Crippen molar-refractivity contribution in [3.63, 3.8) is 0 Å². The van der Waals surface area contributed by atoms with Crippen LogP contribution in [-0.4, -0.2) is 60.3 Å². The zero-order valence-electron chi connectivity index (χ0n) is 26.0. The zero-order chi connectivity index (χ0) is 32.0. The molecule has 46 heavy (non-hydrogen) atoms. The van der Waals surface area contributed by atoms with Crippen molar-refractivity contribution in [2.24, 2.45) is 5.92 Å². The van der Waals surface area contributed by atoms with Crippen molar-refractivity contribution in [3.8, 4) is 28.7 Å². The zero-order valence-corrected chi connectivity index (χ0v) is 26.0. The molecule has 0 unspecified atom stereocenters. The van der Waals surface area contributed by atoms with Crippen LogP contribution in [0.4, 0.5) is 0 Å². The molecule has 9 heteroatoms. The third kappa shape index (κ3) is 6.79. The smallest absolute Gasteiger partial charge is 0.309 e. The number of carbonyl (C=O) groups excluding carboxylic acids is 1. The largest absolute Gasteiger partial charge is 0.497 e. The summed E-state index contributed by atoms with van der Waals surface area (Å²) in [6.45, 7) is 3.67. The molecule has 1 N–H and O–H groups in total. The average Bonchev–Trinajstić information content (AvgIpc) is 3.70. The molecule has 1 amide bonds. The van der Waals surface area contributed by atoms with Gasteiger partial charge in [0.15, 0.2) is 11.5 Å². The molecule has 0 aliphatic carbocycles. The van der Waals surface area contributed by atoms with E-state index in [4.69, 9.17) is 18.9 Å². The number of para-hydroxylation sites is 1. The van der Waals surface area contributed by atoms with Gasteiger partial charge in [0.1, 0.15) is 17.2 Å². The Morgan fingerprint density at radius 1 is 0.870 bits per heavy atom. The van der Waals surface area contributed by atoms with E-state index in [0.717, 1.165) is 34.6 Å². The molecule has 2 aliphatic heterocycles. The van der Waals surface area contributed by atoms with Crippen LogP contribution in [0.2, 0.25) is 0 Å². The van der Waals surface area contributed by atoms with Gasteiger partial charge in [-0.05, 0) is 71.6 Å². The van der Waals surface area contributed by atoms with Crippen LogP contribution < -0.4 is 18.9 Å². The number of likely N-dealkylation sites (tertiary alicyclic amines) is 1. The Balaban J connectivity index is 1.24. The minimum absolute atomic E-state index is 0.0551. The van der Waals surface area contributed by atoms with Crippen molar-refractivity contribution in [1.82, 2.24) is 9.80 Å². The monoisotopic (exact) mass is 622 g/mol. The van der Waals surface area contributed by atoms with Crippen LogP contribution >= 0.6 is 0 Å². The fourth-order valence-electron chi connectivity index (χ4n) is 6.42. The summed E-state index contributed by atoms with van der Waals surface area (Å²) in [6, 6.07) is 29.9. The van der Waals surface area contributed by atoms with E-state index in [2.05, 4.69) is 0 Å². The van der Waals surface area contributed by atoms with Gasteiger partial charge in [-0.2, -0.15) is 0 Å². The minimum Gasteiger partial charge on any atom is -0.497 e. The number of aliphatic carboxylic acids is 1. The predicted octanol–water partition coefficient (Wildman–Crippen LogP) is 6.50. The molecule has 238 valence electrons.